The molecule has 1 N–H and O–H groups in total. The summed E-state index contributed by atoms with van der Waals surface area (Å²) < 4.78 is 10.6. The van der Waals surface area contributed by atoms with E-state index < -0.39 is 6.04 Å². The average molecular weight is 409 g/mol. The highest BCUT2D eigenvalue weighted by Gasteiger charge is 2.34. The molecule has 1 fully saturated rings. The van der Waals surface area contributed by atoms with Crippen LogP contribution >= 0.6 is 0 Å². The molecule has 0 spiro atoms. The number of benzene rings is 1. The summed E-state index contributed by atoms with van der Waals surface area (Å²) in [6, 6.07) is 12.0. The number of nitrogens with one attached hydrogen (secondary N) is 1. The predicted molar refractivity (Wildman–Crippen MR) is 106 cm³/mol. The van der Waals surface area contributed by atoms with E-state index in [0.717, 1.165) is 0 Å². The van der Waals surface area contributed by atoms with Crippen molar-refractivity contribution in [2.24, 2.45) is 0 Å². The minimum atomic E-state index is -0.401. The zero-order valence-corrected chi connectivity index (χ0v) is 16.7. The molecule has 1 atom stereocenters. The second-order valence-corrected chi connectivity index (χ2v) is 7.07. The minimum absolute atomic E-state index is 0.130. The van der Waals surface area contributed by atoms with Crippen LogP contribution in [0.5, 0.6) is 0 Å². The molecule has 4 rings (SSSR count). The summed E-state index contributed by atoms with van der Waals surface area (Å²) in [7, 11) is 0. The summed E-state index contributed by atoms with van der Waals surface area (Å²) in [4.78, 5) is 33.6. The average Bonchev–Trinajstić information content (AvgIpc) is 3.39. The Balaban J connectivity index is 1.51. The van der Waals surface area contributed by atoms with Gasteiger partial charge in [0.15, 0.2) is 5.82 Å². The smallest absolute Gasteiger partial charge is 0.317 e. The van der Waals surface area contributed by atoms with Crippen LogP contribution in [0, 0.1) is 6.92 Å². The number of rotatable bonds is 4. The third-order valence-electron chi connectivity index (χ3n) is 5.05. The highest BCUT2D eigenvalue weighted by Crippen LogP contribution is 2.27. The van der Waals surface area contributed by atoms with Gasteiger partial charge in [0.1, 0.15) is 11.8 Å². The molecule has 30 heavy (non-hydrogen) atoms. The molecule has 0 bridgehead atoms. The zero-order valence-electron chi connectivity index (χ0n) is 16.7. The number of nitrogens with zero attached hydrogens (tertiary/aromatic N) is 4. The fraction of sp³-hybridized carbons (Fsp3) is 0.333. The molecule has 9 nitrogen and oxygen atoms in total. The van der Waals surface area contributed by atoms with E-state index >= 15 is 0 Å². The first-order valence-electron chi connectivity index (χ1n) is 9.83. The second-order valence-electron chi connectivity index (χ2n) is 7.07. The van der Waals surface area contributed by atoms with Gasteiger partial charge in [-0.15, -0.1) is 0 Å². The SMILES string of the molecule is Cc1noc(C2CCN(C(=O)NCc3ccco3)CCN2C(=O)c2ccccc2)n1. The van der Waals surface area contributed by atoms with Gasteiger partial charge in [0.25, 0.3) is 5.91 Å². The number of aromatic nitrogens is 2. The molecule has 0 saturated carbocycles. The van der Waals surface area contributed by atoms with Crippen molar-refractivity contribution >= 4 is 11.9 Å². The van der Waals surface area contributed by atoms with Gasteiger partial charge in [-0.1, -0.05) is 23.4 Å². The molecule has 1 saturated heterocycles. The Morgan fingerprint density at radius 2 is 1.97 bits per heavy atom. The number of urea groups is 1. The summed E-state index contributed by atoms with van der Waals surface area (Å²) in [5.74, 6) is 1.44. The monoisotopic (exact) mass is 409 g/mol. The second kappa shape index (κ2) is 8.81. The number of carbonyl (C=O) groups is 2. The molecule has 1 aromatic carbocycles. The van der Waals surface area contributed by atoms with Crippen molar-refractivity contribution < 1.29 is 18.5 Å². The maximum absolute atomic E-state index is 13.2. The third kappa shape index (κ3) is 4.35. The number of hydrogen-bond acceptors (Lipinski definition) is 6. The van der Waals surface area contributed by atoms with Crippen LogP contribution < -0.4 is 5.32 Å². The summed E-state index contributed by atoms with van der Waals surface area (Å²) in [6.45, 7) is 3.25. The Hall–Kier alpha value is -3.62. The largest absolute Gasteiger partial charge is 0.467 e. The molecule has 3 heterocycles. The van der Waals surface area contributed by atoms with E-state index in [2.05, 4.69) is 15.5 Å². The molecule has 1 aliphatic heterocycles. The summed E-state index contributed by atoms with van der Waals surface area (Å²) in [5.41, 5.74) is 0.578. The van der Waals surface area contributed by atoms with Crippen LogP contribution in [0.25, 0.3) is 0 Å². The van der Waals surface area contributed by atoms with Crippen LogP contribution in [-0.2, 0) is 6.54 Å². The zero-order chi connectivity index (χ0) is 20.9. The third-order valence-corrected chi connectivity index (χ3v) is 5.05. The van der Waals surface area contributed by atoms with Gasteiger partial charge in [-0.25, -0.2) is 4.79 Å². The number of hydrogen-bond donors (Lipinski definition) is 1. The van der Waals surface area contributed by atoms with Gasteiger partial charge in [-0.3, -0.25) is 4.79 Å². The molecule has 1 aliphatic rings. The van der Waals surface area contributed by atoms with Gasteiger partial charge in [-0.2, -0.15) is 4.98 Å². The van der Waals surface area contributed by atoms with Crippen LogP contribution in [0.15, 0.2) is 57.7 Å². The van der Waals surface area contributed by atoms with Gasteiger partial charge in [-0.05, 0) is 37.6 Å². The summed E-state index contributed by atoms with van der Waals surface area (Å²) >= 11 is 0. The molecular weight excluding hydrogens is 386 g/mol. The number of carbonyl (C=O) groups excluding carboxylic acids is 2. The van der Waals surface area contributed by atoms with E-state index in [1.807, 2.05) is 18.2 Å². The van der Waals surface area contributed by atoms with Crippen molar-refractivity contribution in [3.8, 4) is 0 Å². The number of aryl methyl sites for hydroxylation is 1. The minimum Gasteiger partial charge on any atom is -0.467 e. The lowest BCUT2D eigenvalue weighted by Gasteiger charge is -2.27. The fourth-order valence-electron chi connectivity index (χ4n) is 3.52. The molecule has 3 amide bonds. The Bertz CT molecular complexity index is 986. The van der Waals surface area contributed by atoms with Crippen molar-refractivity contribution in [2.75, 3.05) is 19.6 Å². The standard InChI is InChI=1S/C21H23N5O4/c1-15-23-19(30-24-15)18-9-10-25(21(28)22-14-17-8-5-13-29-17)11-12-26(18)20(27)16-6-3-2-4-7-16/h2-8,13,18H,9-12,14H2,1H3,(H,22,28). The molecule has 0 aliphatic carbocycles. The van der Waals surface area contributed by atoms with E-state index in [4.69, 9.17) is 8.94 Å². The molecule has 9 heteroatoms. The normalized spacial score (nSPS) is 16.9. The van der Waals surface area contributed by atoms with Gasteiger partial charge in [0.05, 0.1) is 12.8 Å². The Labute approximate surface area is 173 Å². The lowest BCUT2D eigenvalue weighted by Crippen LogP contribution is -2.42. The van der Waals surface area contributed by atoms with E-state index in [0.29, 0.717) is 55.6 Å². The highest BCUT2D eigenvalue weighted by atomic mass is 16.5. The van der Waals surface area contributed by atoms with Crippen molar-refractivity contribution in [2.45, 2.75) is 25.9 Å². The molecule has 0 radical (unpaired) electrons. The molecular formula is C21H23N5O4. The van der Waals surface area contributed by atoms with Crippen LogP contribution in [0.4, 0.5) is 4.79 Å². The lowest BCUT2D eigenvalue weighted by molar-refractivity contribution is 0.0651. The number of furan rings is 1. The first kappa shape index (κ1) is 19.7. The topological polar surface area (TPSA) is 105 Å². The van der Waals surface area contributed by atoms with Gasteiger partial charge >= 0.3 is 6.03 Å². The maximum Gasteiger partial charge on any atom is 0.317 e. The van der Waals surface area contributed by atoms with Gasteiger partial charge < -0.3 is 24.1 Å². The van der Waals surface area contributed by atoms with Crippen molar-refractivity contribution in [3.63, 3.8) is 0 Å². The predicted octanol–water partition coefficient (Wildman–Crippen LogP) is 2.77. The first-order chi connectivity index (χ1) is 14.6. The molecule has 156 valence electrons. The Morgan fingerprint density at radius 1 is 1.13 bits per heavy atom. The first-order valence-corrected chi connectivity index (χ1v) is 9.83. The van der Waals surface area contributed by atoms with Crippen LogP contribution in [0.1, 0.15) is 40.3 Å². The van der Waals surface area contributed by atoms with Gasteiger partial charge in [0.2, 0.25) is 5.89 Å². The lowest BCUT2D eigenvalue weighted by atomic mass is 10.1. The summed E-state index contributed by atoms with van der Waals surface area (Å²) in [6.07, 6.45) is 2.06. The quantitative estimate of drug-likeness (QED) is 0.710. The van der Waals surface area contributed by atoms with E-state index in [-0.39, 0.29) is 11.9 Å². The summed E-state index contributed by atoms with van der Waals surface area (Å²) in [5, 5.41) is 6.73. The van der Waals surface area contributed by atoms with E-state index in [9.17, 15) is 9.59 Å². The molecule has 3 aromatic rings. The van der Waals surface area contributed by atoms with Crippen molar-refractivity contribution in [1.29, 1.82) is 0 Å². The van der Waals surface area contributed by atoms with Gasteiger partial charge in [0, 0.05) is 25.2 Å². The Morgan fingerprint density at radius 3 is 2.67 bits per heavy atom. The van der Waals surface area contributed by atoms with Crippen LogP contribution in [-0.4, -0.2) is 51.5 Å². The van der Waals surface area contributed by atoms with E-state index in [1.165, 1.54) is 0 Å². The van der Waals surface area contributed by atoms with Crippen molar-refractivity contribution in [3.05, 3.63) is 71.8 Å². The molecule has 1 unspecified atom stereocenters. The number of amides is 3. The Kier molecular flexibility index (Phi) is 5.78. The van der Waals surface area contributed by atoms with E-state index in [1.54, 1.807) is 47.3 Å². The van der Waals surface area contributed by atoms with Crippen LogP contribution in [0.2, 0.25) is 0 Å². The van der Waals surface area contributed by atoms with Crippen LogP contribution in [0.3, 0.4) is 0 Å². The molecule has 2 aromatic heterocycles. The highest BCUT2D eigenvalue weighted by molar-refractivity contribution is 5.94. The van der Waals surface area contributed by atoms with Crippen molar-refractivity contribution in [1.82, 2.24) is 25.3 Å². The maximum atomic E-state index is 13.2. The fourth-order valence-corrected chi connectivity index (χ4v) is 3.52.